The molecular weight excluding hydrogens is 238 g/mol. The summed E-state index contributed by atoms with van der Waals surface area (Å²) in [6.45, 7) is 6.77. The summed E-state index contributed by atoms with van der Waals surface area (Å²) in [5.41, 5.74) is 3.94. The minimum absolute atomic E-state index is 0.0341. The second-order valence-corrected chi connectivity index (χ2v) is 5.83. The standard InChI is InChI=1S/C14H25N5/c1-14(2,19-7-5-3-4-6-8-19)13(18-15)12-9-16-11-17-10-12/h9-11,13,18H,3-8,15H2,1-2H3. The highest BCUT2D eigenvalue weighted by molar-refractivity contribution is 5.15. The molecule has 1 unspecified atom stereocenters. The first kappa shape index (κ1) is 14.4. The molecule has 5 nitrogen and oxygen atoms in total. The summed E-state index contributed by atoms with van der Waals surface area (Å²) in [7, 11) is 0. The molecule has 19 heavy (non-hydrogen) atoms. The van der Waals surface area contributed by atoms with Gasteiger partial charge in [0.2, 0.25) is 0 Å². The Morgan fingerprint density at radius 3 is 2.26 bits per heavy atom. The minimum Gasteiger partial charge on any atom is -0.296 e. The summed E-state index contributed by atoms with van der Waals surface area (Å²) in [6, 6.07) is 0.0341. The van der Waals surface area contributed by atoms with Crippen LogP contribution in [0, 0.1) is 0 Å². The molecule has 1 aliphatic rings. The normalized spacial score (nSPS) is 19.9. The summed E-state index contributed by atoms with van der Waals surface area (Å²) in [6.07, 6.45) is 10.5. The number of hydrazine groups is 1. The highest BCUT2D eigenvalue weighted by Crippen LogP contribution is 2.31. The van der Waals surface area contributed by atoms with E-state index in [0.29, 0.717) is 0 Å². The first-order valence-corrected chi connectivity index (χ1v) is 7.12. The van der Waals surface area contributed by atoms with Crippen molar-refractivity contribution in [1.29, 1.82) is 0 Å². The maximum Gasteiger partial charge on any atom is 0.115 e. The van der Waals surface area contributed by atoms with Gasteiger partial charge in [-0.25, -0.2) is 9.97 Å². The second kappa shape index (κ2) is 6.41. The molecule has 1 aromatic heterocycles. The molecule has 3 N–H and O–H groups in total. The fourth-order valence-corrected chi connectivity index (χ4v) is 3.00. The molecule has 1 fully saturated rings. The lowest BCUT2D eigenvalue weighted by Gasteiger charge is -2.43. The van der Waals surface area contributed by atoms with E-state index in [-0.39, 0.29) is 11.6 Å². The zero-order valence-electron chi connectivity index (χ0n) is 12.0. The van der Waals surface area contributed by atoms with Crippen molar-refractivity contribution in [2.45, 2.75) is 51.1 Å². The van der Waals surface area contributed by atoms with Crippen LogP contribution in [-0.4, -0.2) is 33.5 Å². The molecule has 1 saturated heterocycles. The van der Waals surface area contributed by atoms with Gasteiger partial charge in [0.25, 0.3) is 0 Å². The molecule has 0 saturated carbocycles. The average Bonchev–Trinajstić information content (AvgIpc) is 2.70. The summed E-state index contributed by atoms with van der Waals surface area (Å²) in [4.78, 5) is 10.8. The smallest absolute Gasteiger partial charge is 0.115 e. The van der Waals surface area contributed by atoms with E-state index in [4.69, 9.17) is 5.84 Å². The lowest BCUT2D eigenvalue weighted by molar-refractivity contribution is 0.0831. The fraction of sp³-hybridized carbons (Fsp3) is 0.714. The van der Waals surface area contributed by atoms with Gasteiger partial charge in [-0.15, -0.1) is 0 Å². The van der Waals surface area contributed by atoms with E-state index in [2.05, 4.69) is 34.1 Å². The average molecular weight is 263 g/mol. The van der Waals surface area contributed by atoms with Crippen LogP contribution in [0.4, 0.5) is 0 Å². The molecule has 1 atom stereocenters. The Hall–Kier alpha value is -1.04. The van der Waals surface area contributed by atoms with Crippen LogP contribution < -0.4 is 11.3 Å². The number of nitrogens with zero attached hydrogens (tertiary/aromatic N) is 3. The maximum absolute atomic E-state index is 5.80. The molecule has 0 aromatic carbocycles. The third-order valence-corrected chi connectivity index (χ3v) is 4.21. The van der Waals surface area contributed by atoms with Crippen molar-refractivity contribution < 1.29 is 0 Å². The van der Waals surface area contributed by atoms with Gasteiger partial charge in [0.15, 0.2) is 0 Å². The number of hydrogen-bond acceptors (Lipinski definition) is 5. The second-order valence-electron chi connectivity index (χ2n) is 5.83. The SMILES string of the molecule is CC(C)(C(NN)c1cncnc1)N1CCCCCC1. The Bertz CT molecular complexity index is 371. The van der Waals surface area contributed by atoms with Crippen molar-refractivity contribution in [2.24, 2.45) is 5.84 Å². The van der Waals surface area contributed by atoms with E-state index < -0.39 is 0 Å². The molecule has 1 aromatic rings. The maximum atomic E-state index is 5.80. The van der Waals surface area contributed by atoms with Crippen LogP contribution in [0.15, 0.2) is 18.7 Å². The molecular formula is C14H25N5. The van der Waals surface area contributed by atoms with Crippen molar-refractivity contribution >= 4 is 0 Å². The van der Waals surface area contributed by atoms with Crippen molar-refractivity contribution in [3.05, 3.63) is 24.3 Å². The van der Waals surface area contributed by atoms with Crippen LogP contribution in [-0.2, 0) is 0 Å². The van der Waals surface area contributed by atoms with Gasteiger partial charge in [0.05, 0.1) is 6.04 Å². The van der Waals surface area contributed by atoms with Crippen molar-refractivity contribution in [1.82, 2.24) is 20.3 Å². The molecule has 0 radical (unpaired) electrons. The predicted octanol–water partition coefficient (Wildman–Crippen LogP) is 1.64. The molecule has 0 spiro atoms. The molecule has 2 rings (SSSR count). The van der Waals surface area contributed by atoms with Crippen LogP contribution in [0.3, 0.4) is 0 Å². The van der Waals surface area contributed by atoms with Gasteiger partial charge in [-0.1, -0.05) is 12.8 Å². The Labute approximate surface area is 115 Å². The fourth-order valence-electron chi connectivity index (χ4n) is 3.00. The molecule has 1 aliphatic heterocycles. The van der Waals surface area contributed by atoms with Crippen molar-refractivity contribution in [2.75, 3.05) is 13.1 Å². The van der Waals surface area contributed by atoms with Crippen LogP contribution in [0.2, 0.25) is 0 Å². The number of likely N-dealkylation sites (tertiary alicyclic amines) is 1. The molecule has 2 heterocycles. The predicted molar refractivity (Wildman–Crippen MR) is 76.2 cm³/mol. The van der Waals surface area contributed by atoms with Gasteiger partial charge in [-0.2, -0.15) is 0 Å². The third-order valence-electron chi connectivity index (χ3n) is 4.21. The molecule has 5 heteroatoms. The topological polar surface area (TPSA) is 67.1 Å². The lowest BCUT2D eigenvalue weighted by Crippen LogP contribution is -2.54. The molecule has 106 valence electrons. The first-order chi connectivity index (χ1) is 9.16. The number of nitrogens with two attached hydrogens (primary N) is 1. The summed E-state index contributed by atoms with van der Waals surface area (Å²) in [5, 5.41) is 0. The van der Waals surface area contributed by atoms with E-state index >= 15 is 0 Å². The monoisotopic (exact) mass is 263 g/mol. The Kier molecular flexibility index (Phi) is 4.85. The van der Waals surface area contributed by atoms with Crippen LogP contribution in [0.5, 0.6) is 0 Å². The lowest BCUT2D eigenvalue weighted by atomic mass is 9.88. The van der Waals surface area contributed by atoms with Gasteiger partial charge < -0.3 is 0 Å². The molecule has 0 aliphatic carbocycles. The molecule has 0 bridgehead atoms. The van der Waals surface area contributed by atoms with E-state index in [1.54, 1.807) is 6.33 Å². The highest BCUT2D eigenvalue weighted by Gasteiger charge is 2.36. The van der Waals surface area contributed by atoms with E-state index in [1.807, 2.05) is 12.4 Å². The molecule has 0 amide bonds. The van der Waals surface area contributed by atoms with E-state index in [9.17, 15) is 0 Å². The number of hydrogen-bond donors (Lipinski definition) is 2. The third kappa shape index (κ3) is 3.29. The summed E-state index contributed by atoms with van der Waals surface area (Å²) < 4.78 is 0. The van der Waals surface area contributed by atoms with Crippen LogP contribution in [0.1, 0.15) is 51.1 Å². The van der Waals surface area contributed by atoms with Crippen molar-refractivity contribution in [3.8, 4) is 0 Å². The Balaban J connectivity index is 2.19. The highest BCUT2D eigenvalue weighted by atomic mass is 15.3. The Morgan fingerprint density at radius 1 is 1.16 bits per heavy atom. The van der Waals surface area contributed by atoms with Gasteiger partial charge in [0.1, 0.15) is 6.33 Å². The quantitative estimate of drug-likeness (QED) is 0.638. The minimum atomic E-state index is -0.0518. The van der Waals surface area contributed by atoms with E-state index in [1.165, 1.54) is 25.7 Å². The van der Waals surface area contributed by atoms with Gasteiger partial charge in [-0.3, -0.25) is 16.2 Å². The first-order valence-electron chi connectivity index (χ1n) is 7.12. The van der Waals surface area contributed by atoms with Gasteiger partial charge >= 0.3 is 0 Å². The number of rotatable bonds is 4. The summed E-state index contributed by atoms with van der Waals surface area (Å²) >= 11 is 0. The number of aromatic nitrogens is 2. The van der Waals surface area contributed by atoms with Gasteiger partial charge in [-0.05, 0) is 39.8 Å². The van der Waals surface area contributed by atoms with E-state index in [0.717, 1.165) is 18.7 Å². The largest absolute Gasteiger partial charge is 0.296 e. The van der Waals surface area contributed by atoms with Crippen LogP contribution >= 0.6 is 0 Å². The number of nitrogens with one attached hydrogen (secondary N) is 1. The summed E-state index contributed by atoms with van der Waals surface area (Å²) in [5.74, 6) is 5.80. The van der Waals surface area contributed by atoms with Gasteiger partial charge in [0, 0.05) is 23.5 Å². The zero-order valence-corrected chi connectivity index (χ0v) is 12.0. The van der Waals surface area contributed by atoms with Crippen molar-refractivity contribution in [3.63, 3.8) is 0 Å². The van der Waals surface area contributed by atoms with Crippen LogP contribution in [0.25, 0.3) is 0 Å². The Morgan fingerprint density at radius 2 is 1.74 bits per heavy atom. The zero-order chi connectivity index (χ0) is 13.7.